The lowest BCUT2D eigenvalue weighted by Gasteiger charge is -2.38. The zero-order valence-corrected chi connectivity index (χ0v) is 19.6. The van der Waals surface area contributed by atoms with Gasteiger partial charge in [0.25, 0.3) is 5.91 Å². The molecule has 1 heterocycles. The standard InChI is InChI=1S/C24H29N3O4S/c1-5-13-27-15(3)21(23(29)25-17-9-7-8-10-19(17)30-4)22(26-24(27)32)16-11-12-18(28)20(14-16)31-6-2/h7-12,14,22,28H,5-6,13H2,1-4H3,(H,25,29)(H,26,32). The van der Waals surface area contributed by atoms with E-state index in [1.165, 1.54) is 0 Å². The predicted molar refractivity (Wildman–Crippen MR) is 129 cm³/mol. The van der Waals surface area contributed by atoms with E-state index in [9.17, 15) is 9.90 Å². The minimum absolute atomic E-state index is 0.0438. The maximum atomic E-state index is 13.5. The van der Waals surface area contributed by atoms with Crippen molar-refractivity contribution in [3.05, 3.63) is 59.3 Å². The summed E-state index contributed by atoms with van der Waals surface area (Å²) in [6, 6.07) is 11.8. The van der Waals surface area contributed by atoms with Crippen LogP contribution in [0.1, 0.15) is 38.8 Å². The topological polar surface area (TPSA) is 83.1 Å². The normalized spacial score (nSPS) is 15.9. The molecule has 1 aliphatic rings. The van der Waals surface area contributed by atoms with Crippen molar-refractivity contribution in [2.75, 3.05) is 25.6 Å². The molecule has 7 nitrogen and oxygen atoms in total. The number of hydrogen-bond acceptors (Lipinski definition) is 5. The molecule has 0 saturated heterocycles. The molecule has 1 atom stereocenters. The van der Waals surface area contributed by atoms with Crippen molar-refractivity contribution < 1.29 is 19.4 Å². The Balaban J connectivity index is 2.06. The first-order chi connectivity index (χ1) is 15.4. The molecule has 0 spiro atoms. The van der Waals surface area contributed by atoms with Gasteiger partial charge in [-0.15, -0.1) is 0 Å². The van der Waals surface area contributed by atoms with Crippen LogP contribution >= 0.6 is 12.2 Å². The fourth-order valence-corrected chi connectivity index (χ4v) is 4.08. The third kappa shape index (κ3) is 4.80. The fraction of sp³-hybridized carbons (Fsp3) is 0.333. The number of para-hydroxylation sites is 2. The second kappa shape index (κ2) is 10.4. The first-order valence-corrected chi connectivity index (χ1v) is 11.0. The summed E-state index contributed by atoms with van der Waals surface area (Å²) in [6.45, 7) is 6.91. The zero-order chi connectivity index (χ0) is 23.3. The predicted octanol–water partition coefficient (Wildman–Crippen LogP) is 4.35. The van der Waals surface area contributed by atoms with Gasteiger partial charge in [0.1, 0.15) is 5.75 Å². The van der Waals surface area contributed by atoms with Crippen LogP contribution in [0.3, 0.4) is 0 Å². The van der Waals surface area contributed by atoms with Crippen LogP contribution in [0, 0.1) is 0 Å². The number of carbonyl (C=O) groups excluding carboxylic acids is 1. The number of anilines is 1. The van der Waals surface area contributed by atoms with E-state index in [1.807, 2.05) is 30.9 Å². The average Bonchev–Trinajstić information content (AvgIpc) is 2.78. The molecule has 0 saturated carbocycles. The summed E-state index contributed by atoms with van der Waals surface area (Å²) < 4.78 is 10.9. The lowest BCUT2D eigenvalue weighted by Crippen LogP contribution is -2.48. The van der Waals surface area contributed by atoms with Crippen LogP contribution in [-0.4, -0.2) is 41.3 Å². The van der Waals surface area contributed by atoms with Crippen molar-refractivity contribution in [3.63, 3.8) is 0 Å². The van der Waals surface area contributed by atoms with E-state index >= 15 is 0 Å². The van der Waals surface area contributed by atoms with Crippen molar-refractivity contribution in [3.8, 4) is 17.2 Å². The zero-order valence-electron chi connectivity index (χ0n) is 18.8. The van der Waals surface area contributed by atoms with Gasteiger partial charge < -0.3 is 30.1 Å². The van der Waals surface area contributed by atoms with E-state index in [0.29, 0.717) is 41.0 Å². The van der Waals surface area contributed by atoms with Crippen LogP contribution in [0.15, 0.2) is 53.7 Å². The Kier molecular flexibility index (Phi) is 7.58. The van der Waals surface area contributed by atoms with Crippen LogP contribution in [0.5, 0.6) is 17.2 Å². The third-order valence-corrected chi connectivity index (χ3v) is 5.60. The summed E-state index contributed by atoms with van der Waals surface area (Å²) in [4.78, 5) is 15.5. The molecule has 0 aromatic heterocycles. The Bertz CT molecular complexity index is 1040. The molecule has 0 fully saturated rings. The molecule has 170 valence electrons. The minimum atomic E-state index is -0.509. The summed E-state index contributed by atoms with van der Waals surface area (Å²) in [5.41, 5.74) is 2.65. The number of rotatable bonds is 8. The van der Waals surface area contributed by atoms with Crippen molar-refractivity contribution in [2.45, 2.75) is 33.2 Å². The molecular weight excluding hydrogens is 426 g/mol. The number of methoxy groups -OCH3 is 1. The summed E-state index contributed by atoms with van der Waals surface area (Å²) in [7, 11) is 1.56. The summed E-state index contributed by atoms with van der Waals surface area (Å²) in [6.07, 6.45) is 0.874. The Morgan fingerprint density at radius 3 is 2.66 bits per heavy atom. The number of ether oxygens (including phenoxy) is 2. The molecule has 0 aliphatic carbocycles. The number of thiocarbonyl (C=S) groups is 1. The fourth-order valence-electron chi connectivity index (χ4n) is 3.74. The number of nitrogens with zero attached hydrogens (tertiary/aromatic N) is 1. The van der Waals surface area contributed by atoms with Crippen LogP contribution in [-0.2, 0) is 4.79 Å². The quantitative estimate of drug-likeness (QED) is 0.510. The molecule has 3 N–H and O–H groups in total. The maximum Gasteiger partial charge on any atom is 0.255 e. The number of allylic oxidation sites excluding steroid dienone is 1. The second-order valence-electron chi connectivity index (χ2n) is 7.35. The SMILES string of the molecule is CCCN1C(=S)NC(c2ccc(O)c(OCC)c2)C(C(=O)Nc2ccccc2OC)=C1C. The average molecular weight is 456 g/mol. The van der Waals surface area contributed by atoms with Gasteiger partial charge in [-0.3, -0.25) is 4.79 Å². The molecule has 2 aromatic carbocycles. The second-order valence-corrected chi connectivity index (χ2v) is 7.73. The van der Waals surface area contributed by atoms with E-state index in [4.69, 9.17) is 21.7 Å². The van der Waals surface area contributed by atoms with Gasteiger partial charge in [0.05, 0.1) is 31.0 Å². The molecule has 1 amide bonds. The number of hydrogen-bond donors (Lipinski definition) is 3. The summed E-state index contributed by atoms with van der Waals surface area (Å²) in [5.74, 6) is 0.709. The van der Waals surface area contributed by atoms with Crippen molar-refractivity contribution in [1.82, 2.24) is 10.2 Å². The Hall–Kier alpha value is -3.26. The Labute approximate surface area is 194 Å². The largest absolute Gasteiger partial charge is 0.504 e. The van der Waals surface area contributed by atoms with Gasteiger partial charge in [0.2, 0.25) is 0 Å². The number of carbonyl (C=O) groups is 1. The van der Waals surface area contributed by atoms with E-state index < -0.39 is 6.04 Å². The van der Waals surface area contributed by atoms with Gasteiger partial charge in [-0.05, 0) is 62.3 Å². The molecule has 1 unspecified atom stereocenters. The summed E-state index contributed by atoms with van der Waals surface area (Å²) in [5, 5.41) is 17.0. The van der Waals surface area contributed by atoms with Crippen LogP contribution in [0.2, 0.25) is 0 Å². The first-order valence-electron chi connectivity index (χ1n) is 10.6. The number of phenolic OH excluding ortho intramolecular Hbond substituents is 1. The molecule has 0 bridgehead atoms. The van der Waals surface area contributed by atoms with Gasteiger partial charge in [0.15, 0.2) is 16.6 Å². The summed E-state index contributed by atoms with van der Waals surface area (Å²) >= 11 is 5.61. The number of benzene rings is 2. The lowest BCUT2D eigenvalue weighted by atomic mass is 9.93. The highest BCUT2D eigenvalue weighted by Gasteiger charge is 2.34. The number of aromatic hydroxyl groups is 1. The Morgan fingerprint density at radius 1 is 1.22 bits per heavy atom. The van der Waals surface area contributed by atoms with E-state index in [1.54, 1.807) is 37.4 Å². The van der Waals surface area contributed by atoms with E-state index in [0.717, 1.165) is 17.7 Å². The molecule has 3 rings (SSSR count). The van der Waals surface area contributed by atoms with E-state index in [2.05, 4.69) is 17.6 Å². The Morgan fingerprint density at radius 2 is 1.97 bits per heavy atom. The molecular formula is C24H29N3O4S. The van der Waals surface area contributed by atoms with Crippen molar-refractivity contribution in [1.29, 1.82) is 0 Å². The highest BCUT2D eigenvalue weighted by Crippen LogP contribution is 2.36. The van der Waals surface area contributed by atoms with Gasteiger partial charge >= 0.3 is 0 Å². The van der Waals surface area contributed by atoms with Gasteiger partial charge in [-0.2, -0.15) is 0 Å². The first kappa shape index (κ1) is 23.4. The number of nitrogens with one attached hydrogen (secondary N) is 2. The van der Waals surface area contributed by atoms with Crippen molar-refractivity contribution >= 4 is 28.9 Å². The van der Waals surface area contributed by atoms with Crippen LogP contribution in [0.25, 0.3) is 0 Å². The van der Waals surface area contributed by atoms with Crippen molar-refractivity contribution in [2.24, 2.45) is 0 Å². The van der Waals surface area contributed by atoms with Gasteiger partial charge in [-0.1, -0.05) is 25.1 Å². The van der Waals surface area contributed by atoms with Crippen LogP contribution < -0.4 is 20.1 Å². The number of phenols is 1. The molecule has 1 aliphatic heterocycles. The monoisotopic (exact) mass is 455 g/mol. The third-order valence-electron chi connectivity index (χ3n) is 5.26. The highest BCUT2D eigenvalue weighted by atomic mass is 32.1. The molecule has 8 heteroatoms. The lowest BCUT2D eigenvalue weighted by molar-refractivity contribution is -0.113. The van der Waals surface area contributed by atoms with E-state index in [-0.39, 0.29) is 11.7 Å². The van der Waals surface area contributed by atoms with Gasteiger partial charge in [-0.25, -0.2) is 0 Å². The van der Waals surface area contributed by atoms with Gasteiger partial charge in [0, 0.05) is 12.2 Å². The van der Waals surface area contributed by atoms with Crippen LogP contribution in [0.4, 0.5) is 5.69 Å². The molecule has 2 aromatic rings. The highest BCUT2D eigenvalue weighted by molar-refractivity contribution is 7.80. The molecule has 32 heavy (non-hydrogen) atoms. The minimum Gasteiger partial charge on any atom is -0.504 e. The molecule has 0 radical (unpaired) electrons. The smallest absolute Gasteiger partial charge is 0.255 e. The number of amides is 1. The maximum absolute atomic E-state index is 13.5.